The molecule has 7 aromatic rings. The number of anilines is 5. The topological polar surface area (TPSA) is 149 Å². The molecule has 11 rings (SSSR count). The third-order valence-corrected chi connectivity index (χ3v) is 14.6. The molecule has 70 heavy (non-hydrogen) atoms. The molecule has 6 aromatic carbocycles. The monoisotopic (exact) mass is 936 g/mol. The van der Waals surface area contributed by atoms with E-state index in [2.05, 4.69) is 43.2 Å². The molecular formula is C56H52N6O8. The van der Waals surface area contributed by atoms with Crippen LogP contribution in [0.4, 0.5) is 28.4 Å². The quantitative estimate of drug-likeness (QED) is 0.126. The molecule has 1 fully saturated rings. The van der Waals surface area contributed by atoms with Gasteiger partial charge < -0.3 is 29.0 Å². The van der Waals surface area contributed by atoms with Crippen molar-refractivity contribution in [2.45, 2.75) is 63.5 Å². The normalized spacial score (nSPS) is 21.0. The van der Waals surface area contributed by atoms with Crippen molar-refractivity contribution in [2.24, 2.45) is 11.8 Å². The Hall–Kier alpha value is -7.81. The molecule has 5 atom stereocenters. The van der Waals surface area contributed by atoms with Crippen molar-refractivity contribution >= 4 is 46.2 Å². The molecule has 1 spiro atoms. The van der Waals surface area contributed by atoms with E-state index in [0.29, 0.717) is 69.7 Å². The van der Waals surface area contributed by atoms with E-state index in [1.165, 1.54) is 0 Å². The molecule has 14 nitrogen and oxygen atoms in total. The van der Waals surface area contributed by atoms with Crippen molar-refractivity contribution in [3.05, 3.63) is 180 Å². The first-order valence-corrected chi connectivity index (χ1v) is 23.6. The number of hydrogen-bond acceptors (Lipinski definition) is 10. The van der Waals surface area contributed by atoms with Crippen LogP contribution >= 0.6 is 0 Å². The van der Waals surface area contributed by atoms with Gasteiger partial charge in [-0.05, 0) is 95.3 Å². The molecule has 0 radical (unpaired) electrons. The minimum absolute atomic E-state index is 0.0732. The summed E-state index contributed by atoms with van der Waals surface area (Å²) in [5.74, 6) is 0.666. The molecule has 0 unspecified atom stereocenters. The first kappa shape index (κ1) is 44.7. The lowest BCUT2D eigenvalue weighted by Crippen LogP contribution is -2.45. The highest BCUT2D eigenvalue weighted by Crippen LogP contribution is 2.61. The van der Waals surface area contributed by atoms with E-state index in [0.717, 1.165) is 16.9 Å². The van der Waals surface area contributed by atoms with E-state index < -0.39 is 29.1 Å². The van der Waals surface area contributed by atoms with Gasteiger partial charge in [-0.15, -0.1) is 5.10 Å². The van der Waals surface area contributed by atoms with Crippen molar-refractivity contribution in [1.82, 2.24) is 15.0 Å². The number of rotatable bonds is 12. The fourth-order valence-corrected chi connectivity index (χ4v) is 11.2. The van der Waals surface area contributed by atoms with Crippen LogP contribution in [0.1, 0.15) is 61.2 Å². The minimum Gasteiger partial charge on any atom is -0.497 e. The highest BCUT2D eigenvalue weighted by molar-refractivity contribution is 6.10. The van der Waals surface area contributed by atoms with Gasteiger partial charge in [0.25, 0.3) is 17.7 Å². The second-order valence-electron chi connectivity index (χ2n) is 18.9. The number of nitrogens with zero attached hydrogens (tertiary/aromatic N) is 6. The Morgan fingerprint density at radius 1 is 0.757 bits per heavy atom. The van der Waals surface area contributed by atoms with E-state index in [1.54, 1.807) is 32.7 Å². The number of methoxy groups -OCH3 is 1. The smallest absolute Gasteiger partial charge is 0.269 e. The average molecular weight is 937 g/mol. The van der Waals surface area contributed by atoms with Crippen LogP contribution in [0, 0.1) is 11.8 Å². The molecule has 14 heteroatoms. The van der Waals surface area contributed by atoms with Crippen molar-refractivity contribution in [3.8, 4) is 17.2 Å². The number of aromatic nitrogens is 3. The molecule has 1 N–H and O–H groups in total. The summed E-state index contributed by atoms with van der Waals surface area (Å²) in [5.41, 5.74) is 4.88. The van der Waals surface area contributed by atoms with Crippen LogP contribution in [0.5, 0.6) is 17.2 Å². The summed E-state index contributed by atoms with van der Waals surface area (Å²) in [6.07, 6.45) is 0.785. The molecule has 354 valence electrons. The van der Waals surface area contributed by atoms with Crippen LogP contribution in [0.15, 0.2) is 152 Å². The molecule has 5 heterocycles. The van der Waals surface area contributed by atoms with Gasteiger partial charge in [0.2, 0.25) is 0 Å². The number of aryl methyl sites for hydroxylation is 1. The predicted molar refractivity (Wildman–Crippen MR) is 263 cm³/mol. The Bertz CT molecular complexity index is 3120. The molecular weight excluding hydrogens is 885 g/mol. The summed E-state index contributed by atoms with van der Waals surface area (Å²) in [4.78, 5) is 48.1. The Kier molecular flexibility index (Phi) is 11.2. The van der Waals surface area contributed by atoms with Crippen LogP contribution in [-0.4, -0.2) is 64.2 Å². The molecule has 0 saturated carbocycles. The number of aliphatic hydroxyl groups is 1. The van der Waals surface area contributed by atoms with Crippen LogP contribution < -0.4 is 28.9 Å². The van der Waals surface area contributed by atoms with Gasteiger partial charge in [0.15, 0.2) is 18.8 Å². The SMILES string of the molecule is COc1ccc(C(C)(C)[C@@H]2[C@@H](CCn3cc([C@H](O)c4ccccc4)nn3)O[C@]3(C(=O)N(Cc4ccc(N5C(=O)COc6ccccc65)cc4)c4ccc(N5C(=O)COc6ccccc65)cc43)[C@H]2C)cc1. The molecule has 4 aliphatic rings. The number of hydrogen-bond donors (Lipinski definition) is 1. The lowest BCUT2D eigenvalue weighted by Gasteiger charge is -2.39. The van der Waals surface area contributed by atoms with Gasteiger partial charge >= 0.3 is 0 Å². The van der Waals surface area contributed by atoms with Crippen molar-refractivity contribution in [2.75, 3.05) is 35.0 Å². The van der Waals surface area contributed by atoms with Gasteiger partial charge in [-0.25, -0.2) is 0 Å². The maximum atomic E-state index is 15.9. The van der Waals surface area contributed by atoms with Crippen LogP contribution in [-0.2, 0) is 43.2 Å². The van der Waals surface area contributed by atoms with Gasteiger partial charge in [-0.2, -0.15) is 0 Å². The van der Waals surface area contributed by atoms with E-state index >= 15 is 4.79 Å². The third-order valence-electron chi connectivity index (χ3n) is 14.6. The first-order chi connectivity index (χ1) is 34.0. The van der Waals surface area contributed by atoms with Crippen LogP contribution in [0.3, 0.4) is 0 Å². The molecule has 1 aromatic heterocycles. The summed E-state index contributed by atoms with van der Waals surface area (Å²) in [5, 5.41) is 20.0. The zero-order valence-corrected chi connectivity index (χ0v) is 39.3. The second kappa shape index (κ2) is 17.6. The van der Waals surface area contributed by atoms with E-state index in [4.69, 9.17) is 18.9 Å². The van der Waals surface area contributed by atoms with E-state index in [-0.39, 0.29) is 43.4 Å². The van der Waals surface area contributed by atoms with Gasteiger partial charge in [0, 0.05) is 35.3 Å². The number of carbonyl (C=O) groups is 3. The zero-order chi connectivity index (χ0) is 48.3. The zero-order valence-electron chi connectivity index (χ0n) is 39.3. The lowest BCUT2D eigenvalue weighted by atomic mass is 9.63. The lowest BCUT2D eigenvalue weighted by molar-refractivity contribution is -0.146. The first-order valence-electron chi connectivity index (χ1n) is 23.6. The summed E-state index contributed by atoms with van der Waals surface area (Å²) in [6, 6.07) is 45.7. The molecule has 0 bridgehead atoms. The molecule has 4 aliphatic heterocycles. The number of aliphatic hydroxyl groups excluding tert-OH is 1. The molecule has 3 amide bonds. The highest BCUT2D eigenvalue weighted by Gasteiger charge is 2.66. The summed E-state index contributed by atoms with van der Waals surface area (Å²) in [6.45, 7) is 6.90. The summed E-state index contributed by atoms with van der Waals surface area (Å²) in [7, 11) is 1.64. The predicted octanol–water partition coefficient (Wildman–Crippen LogP) is 8.94. The Morgan fingerprint density at radius 2 is 1.37 bits per heavy atom. The second-order valence-corrected chi connectivity index (χ2v) is 18.9. The maximum Gasteiger partial charge on any atom is 0.269 e. The Balaban J connectivity index is 0.990. The number of ether oxygens (including phenoxy) is 4. The molecule has 1 saturated heterocycles. The number of fused-ring (bicyclic) bond motifs is 4. The van der Waals surface area contributed by atoms with Gasteiger partial charge in [-0.3, -0.25) is 28.9 Å². The fraction of sp³-hybridized carbons (Fsp3) is 0.268. The third kappa shape index (κ3) is 7.45. The van der Waals surface area contributed by atoms with Crippen molar-refractivity contribution in [1.29, 1.82) is 0 Å². The summed E-state index contributed by atoms with van der Waals surface area (Å²) < 4.78 is 26.3. The number of benzene rings is 6. The Morgan fingerprint density at radius 3 is 2.03 bits per heavy atom. The standard InChI is InChI=1S/C56H52N6O8/c1-35-52(55(2,3)38-20-25-41(67-4)26-21-38)49(28-29-59-32-43(57-58-59)53(65)37-12-6-5-7-13-37)70-56(35)42-30-40(62-46-15-9-11-17-48(46)69-34-51(62)64)24-27-44(42)60(54(56)66)31-36-18-22-39(23-19-36)61-45-14-8-10-16-47(45)68-33-50(61)63/h5-27,30,32,35,49,52-53,65H,28-29,31,33-34H2,1-4H3/t35-,49+,52-,53+,56+/m0/s1. The Labute approximate surface area is 405 Å². The minimum atomic E-state index is -1.49. The number of amides is 3. The van der Waals surface area contributed by atoms with E-state index in [9.17, 15) is 14.7 Å². The fourth-order valence-electron chi connectivity index (χ4n) is 11.2. The average Bonchev–Trinajstić information content (AvgIpc) is 4.06. The summed E-state index contributed by atoms with van der Waals surface area (Å²) >= 11 is 0. The van der Waals surface area contributed by atoms with E-state index in [1.807, 2.05) is 133 Å². The largest absolute Gasteiger partial charge is 0.497 e. The van der Waals surface area contributed by atoms with Crippen molar-refractivity contribution in [3.63, 3.8) is 0 Å². The van der Waals surface area contributed by atoms with Crippen molar-refractivity contribution < 1.29 is 38.4 Å². The maximum absolute atomic E-state index is 15.9. The van der Waals surface area contributed by atoms with Crippen LogP contribution in [0.2, 0.25) is 0 Å². The van der Waals surface area contributed by atoms with Crippen LogP contribution in [0.25, 0.3) is 0 Å². The molecule has 0 aliphatic carbocycles. The number of carbonyl (C=O) groups excluding carboxylic acids is 3. The van der Waals surface area contributed by atoms with Gasteiger partial charge in [-0.1, -0.05) is 105 Å². The van der Waals surface area contributed by atoms with Gasteiger partial charge in [0.05, 0.1) is 43.0 Å². The number of para-hydroxylation sites is 4. The highest BCUT2D eigenvalue weighted by atomic mass is 16.5. The van der Waals surface area contributed by atoms with Gasteiger partial charge in [0.1, 0.15) is 29.0 Å².